The molecule has 20 heavy (non-hydrogen) atoms. The number of hydrogen-bond acceptors (Lipinski definition) is 4. The quantitative estimate of drug-likeness (QED) is 0.899. The van der Waals surface area contributed by atoms with Gasteiger partial charge in [0.05, 0.1) is 6.61 Å². The molecule has 2 aromatic rings. The van der Waals surface area contributed by atoms with Crippen molar-refractivity contribution in [2.75, 3.05) is 32.1 Å². The number of nitrogens with zero attached hydrogens (tertiary/aromatic N) is 2. The number of morpholine rings is 1. The monoisotopic (exact) mass is 271 g/mol. The van der Waals surface area contributed by atoms with E-state index in [-0.39, 0.29) is 5.91 Å². The summed E-state index contributed by atoms with van der Waals surface area (Å²) in [5.41, 5.74) is 0.798. The van der Waals surface area contributed by atoms with E-state index in [0.717, 1.165) is 23.0 Å². The number of carbonyl (C=O) groups is 1. The third kappa shape index (κ3) is 2.64. The molecule has 1 saturated heterocycles. The SMILES string of the molecule is CN1CCOC(C(=O)Nc2cccc3cnccc23)C1. The van der Waals surface area contributed by atoms with Gasteiger partial charge in [0.1, 0.15) is 6.10 Å². The molecule has 0 bridgehead atoms. The maximum Gasteiger partial charge on any atom is 0.254 e. The fourth-order valence-corrected chi connectivity index (χ4v) is 2.38. The van der Waals surface area contributed by atoms with Gasteiger partial charge in [-0.2, -0.15) is 0 Å². The first-order valence-electron chi connectivity index (χ1n) is 6.68. The highest BCUT2D eigenvalue weighted by Crippen LogP contribution is 2.22. The van der Waals surface area contributed by atoms with E-state index in [2.05, 4.69) is 15.2 Å². The fraction of sp³-hybridized carbons (Fsp3) is 0.333. The largest absolute Gasteiger partial charge is 0.366 e. The molecule has 1 fully saturated rings. The smallest absolute Gasteiger partial charge is 0.254 e. The van der Waals surface area contributed by atoms with Gasteiger partial charge in [-0.05, 0) is 19.2 Å². The number of nitrogens with one attached hydrogen (secondary N) is 1. The summed E-state index contributed by atoms with van der Waals surface area (Å²) >= 11 is 0. The zero-order chi connectivity index (χ0) is 13.9. The minimum absolute atomic E-state index is 0.0964. The summed E-state index contributed by atoms with van der Waals surface area (Å²) < 4.78 is 5.53. The zero-order valence-corrected chi connectivity index (χ0v) is 11.4. The van der Waals surface area contributed by atoms with E-state index in [0.29, 0.717) is 13.2 Å². The van der Waals surface area contributed by atoms with Crippen LogP contribution in [0.15, 0.2) is 36.7 Å². The number of ether oxygens (including phenoxy) is 1. The van der Waals surface area contributed by atoms with Crippen molar-refractivity contribution in [1.82, 2.24) is 9.88 Å². The Balaban J connectivity index is 1.80. The van der Waals surface area contributed by atoms with Gasteiger partial charge in [-0.25, -0.2) is 0 Å². The van der Waals surface area contributed by atoms with Crippen LogP contribution in [-0.2, 0) is 9.53 Å². The summed E-state index contributed by atoms with van der Waals surface area (Å²) in [7, 11) is 1.99. The molecule has 3 rings (SSSR count). The number of carbonyl (C=O) groups excluding carboxylic acids is 1. The molecule has 0 radical (unpaired) electrons. The maximum atomic E-state index is 12.3. The zero-order valence-electron chi connectivity index (χ0n) is 11.4. The molecular weight excluding hydrogens is 254 g/mol. The molecular formula is C15H17N3O2. The Morgan fingerprint density at radius 3 is 3.20 bits per heavy atom. The van der Waals surface area contributed by atoms with Crippen LogP contribution in [0.4, 0.5) is 5.69 Å². The van der Waals surface area contributed by atoms with Crippen LogP contribution in [0.3, 0.4) is 0 Å². The van der Waals surface area contributed by atoms with Crippen LogP contribution < -0.4 is 5.32 Å². The summed E-state index contributed by atoms with van der Waals surface area (Å²) in [5, 5.41) is 4.95. The molecule has 0 aliphatic carbocycles. The lowest BCUT2D eigenvalue weighted by atomic mass is 10.1. The van der Waals surface area contributed by atoms with E-state index in [4.69, 9.17) is 4.74 Å². The van der Waals surface area contributed by atoms with Gasteiger partial charge in [-0.3, -0.25) is 9.78 Å². The molecule has 0 spiro atoms. The van der Waals surface area contributed by atoms with E-state index in [9.17, 15) is 4.79 Å². The fourth-order valence-electron chi connectivity index (χ4n) is 2.38. The number of aromatic nitrogens is 1. The molecule has 1 aromatic heterocycles. The Morgan fingerprint density at radius 1 is 1.45 bits per heavy atom. The molecule has 0 saturated carbocycles. The van der Waals surface area contributed by atoms with Crippen molar-refractivity contribution in [3.63, 3.8) is 0 Å². The number of likely N-dealkylation sites (N-methyl/N-ethyl adjacent to an activating group) is 1. The average Bonchev–Trinajstić information content (AvgIpc) is 2.47. The summed E-state index contributed by atoms with van der Waals surface area (Å²) in [6.07, 6.45) is 3.10. The molecule has 1 unspecified atom stereocenters. The number of pyridine rings is 1. The predicted octanol–water partition coefficient (Wildman–Crippen LogP) is 1.50. The van der Waals surface area contributed by atoms with E-state index in [1.807, 2.05) is 31.3 Å². The van der Waals surface area contributed by atoms with Crippen molar-refractivity contribution >= 4 is 22.4 Å². The van der Waals surface area contributed by atoms with Crippen LogP contribution in [-0.4, -0.2) is 48.6 Å². The first-order chi connectivity index (χ1) is 9.74. The van der Waals surface area contributed by atoms with Crippen molar-refractivity contribution in [2.45, 2.75) is 6.10 Å². The number of rotatable bonds is 2. The van der Waals surface area contributed by atoms with Crippen molar-refractivity contribution in [2.24, 2.45) is 0 Å². The van der Waals surface area contributed by atoms with E-state index in [1.165, 1.54) is 0 Å². The highest BCUT2D eigenvalue weighted by atomic mass is 16.5. The molecule has 1 aromatic carbocycles. The molecule has 1 atom stereocenters. The molecule has 1 N–H and O–H groups in total. The highest BCUT2D eigenvalue weighted by molar-refractivity contribution is 6.03. The van der Waals surface area contributed by atoms with Gasteiger partial charge in [-0.15, -0.1) is 0 Å². The lowest BCUT2D eigenvalue weighted by Crippen LogP contribution is -2.46. The van der Waals surface area contributed by atoms with E-state index >= 15 is 0 Å². The van der Waals surface area contributed by atoms with Crippen LogP contribution in [0.1, 0.15) is 0 Å². The van der Waals surface area contributed by atoms with Gasteiger partial charge in [0.2, 0.25) is 0 Å². The van der Waals surface area contributed by atoms with Crippen LogP contribution >= 0.6 is 0 Å². The van der Waals surface area contributed by atoms with Crippen molar-refractivity contribution in [3.05, 3.63) is 36.7 Å². The molecule has 1 aliphatic heterocycles. The summed E-state index contributed by atoms with van der Waals surface area (Å²) in [6.45, 7) is 2.08. The van der Waals surface area contributed by atoms with Gasteiger partial charge < -0.3 is 15.0 Å². The lowest BCUT2D eigenvalue weighted by Gasteiger charge is -2.29. The van der Waals surface area contributed by atoms with E-state index in [1.54, 1.807) is 12.4 Å². The lowest BCUT2D eigenvalue weighted by molar-refractivity contribution is -0.132. The number of benzene rings is 1. The molecule has 5 nitrogen and oxygen atoms in total. The van der Waals surface area contributed by atoms with Crippen LogP contribution in [0.25, 0.3) is 10.8 Å². The van der Waals surface area contributed by atoms with Crippen LogP contribution in [0.5, 0.6) is 0 Å². The van der Waals surface area contributed by atoms with Gasteiger partial charge in [0, 0.05) is 41.9 Å². The minimum Gasteiger partial charge on any atom is -0.366 e. The van der Waals surface area contributed by atoms with E-state index < -0.39 is 6.10 Å². The second-order valence-electron chi connectivity index (χ2n) is 5.01. The predicted molar refractivity (Wildman–Crippen MR) is 77.6 cm³/mol. The van der Waals surface area contributed by atoms with Crippen molar-refractivity contribution in [3.8, 4) is 0 Å². The van der Waals surface area contributed by atoms with Gasteiger partial charge in [-0.1, -0.05) is 12.1 Å². The Morgan fingerprint density at radius 2 is 2.35 bits per heavy atom. The van der Waals surface area contributed by atoms with Crippen LogP contribution in [0, 0.1) is 0 Å². The summed E-state index contributed by atoms with van der Waals surface area (Å²) in [6, 6.07) is 7.68. The standard InChI is InChI=1S/C15H17N3O2/c1-18-7-8-20-14(10-18)15(19)17-13-4-2-3-11-9-16-6-5-12(11)13/h2-6,9,14H,7-8,10H2,1H3,(H,17,19). The molecule has 1 amide bonds. The Hall–Kier alpha value is -1.98. The molecule has 1 aliphatic rings. The number of anilines is 1. The highest BCUT2D eigenvalue weighted by Gasteiger charge is 2.25. The second-order valence-corrected chi connectivity index (χ2v) is 5.01. The molecule has 104 valence electrons. The Kier molecular flexibility index (Phi) is 3.62. The van der Waals surface area contributed by atoms with Gasteiger partial charge in [0.25, 0.3) is 5.91 Å². The first kappa shape index (κ1) is 13.0. The second kappa shape index (κ2) is 5.56. The maximum absolute atomic E-state index is 12.3. The Labute approximate surface area is 117 Å². The molecule has 2 heterocycles. The normalized spacial score (nSPS) is 19.9. The van der Waals surface area contributed by atoms with Gasteiger partial charge >= 0.3 is 0 Å². The number of hydrogen-bond donors (Lipinski definition) is 1. The summed E-state index contributed by atoms with van der Waals surface area (Å²) in [4.78, 5) is 18.5. The third-order valence-electron chi connectivity index (χ3n) is 3.50. The Bertz CT molecular complexity index is 624. The molecule has 5 heteroatoms. The number of amides is 1. The van der Waals surface area contributed by atoms with Crippen LogP contribution in [0.2, 0.25) is 0 Å². The van der Waals surface area contributed by atoms with Gasteiger partial charge in [0.15, 0.2) is 0 Å². The topological polar surface area (TPSA) is 54.5 Å². The number of fused-ring (bicyclic) bond motifs is 1. The van der Waals surface area contributed by atoms with Crippen molar-refractivity contribution < 1.29 is 9.53 Å². The van der Waals surface area contributed by atoms with Crippen molar-refractivity contribution in [1.29, 1.82) is 0 Å². The minimum atomic E-state index is -0.411. The first-order valence-corrected chi connectivity index (χ1v) is 6.68. The average molecular weight is 271 g/mol. The summed E-state index contributed by atoms with van der Waals surface area (Å²) in [5.74, 6) is -0.0964. The third-order valence-corrected chi connectivity index (χ3v) is 3.50.